The summed E-state index contributed by atoms with van der Waals surface area (Å²) in [6.07, 6.45) is -0.00392. The SMILES string of the molecule is CC(C)NC(=O)CNCc1ccccc1CC(=O)O. The molecule has 0 saturated carbocycles. The first-order valence-electron chi connectivity index (χ1n) is 6.27. The van der Waals surface area contributed by atoms with Crippen molar-refractivity contribution in [3.8, 4) is 0 Å². The van der Waals surface area contributed by atoms with Crippen molar-refractivity contribution in [2.45, 2.75) is 32.9 Å². The van der Waals surface area contributed by atoms with Crippen LogP contribution in [0.15, 0.2) is 24.3 Å². The van der Waals surface area contributed by atoms with Crippen molar-refractivity contribution in [1.82, 2.24) is 10.6 Å². The number of carbonyl (C=O) groups is 2. The normalized spacial score (nSPS) is 10.5. The van der Waals surface area contributed by atoms with Crippen LogP contribution >= 0.6 is 0 Å². The number of hydrogen-bond donors (Lipinski definition) is 3. The van der Waals surface area contributed by atoms with Crippen LogP contribution in [0.1, 0.15) is 25.0 Å². The molecule has 0 atom stereocenters. The minimum Gasteiger partial charge on any atom is -0.481 e. The molecule has 5 heteroatoms. The molecule has 104 valence electrons. The third-order valence-corrected chi connectivity index (χ3v) is 2.51. The van der Waals surface area contributed by atoms with E-state index in [4.69, 9.17) is 5.11 Å². The van der Waals surface area contributed by atoms with E-state index in [-0.39, 0.29) is 24.9 Å². The average molecular weight is 264 g/mol. The van der Waals surface area contributed by atoms with Gasteiger partial charge in [-0.2, -0.15) is 0 Å². The van der Waals surface area contributed by atoms with Gasteiger partial charge in [0.15, 0.2) is 0 Å². The van der Waals surface area contributed by atoms with E-state index < -0.39 is 5.97 Å². The van der Waals surface area contributed by atoms with E-state index in [2.05, 4.69) is 10.6 Å². The van der Waals surface area contributed by atoms with E-state index in [0.717, 1.165) is 11.1 Å². The Morgan fingerprint density at radius 2 is 1.84 bits per heavy atom. The molecule has 0 aliphatic heterocycles. The molecule has 1 aromatic carbocycles. The Bertz CT molecular complexity index is 444. The second-order valence-electron chi connectivity index (χ2n) is 4.66. The topological polar surface area (TPSA) is 78.4 Å². The molecule has 19 heavy (non-hydrogen) atoms. The molecule has 0 aliphatic carbocycles. The van der Waals surface area contributed by atoms with E-state index in [0.29, 0.717) is 6.54 Å². The quantitative estimate of drug-likeness (QED) is 0.684. The number of benzene rings is 1. The highest BCUT2D eigenvalue weighted by Crippen LogP contribution is 2.09. The van der Waals surface area contributed by atoms with Gasteiger partial charge < -0.3 is 15.7 Å². The van der Waals surface area contributed by atoms with Gasteiger partial charge in [0.2, 0.25) is 5.91 Å². The fourth-order valence-electron chi connectivity index (χ4n) is 1.75. The molecule has 0 saturated heterocycles. The molecule has 0 heterocycles. The first-order valence-corrected chi connectivity index (χ1v) is 6.27. The molecular weight excluding hydrogens is 244 g/mol. The molecule has 0 aromatic heterocycles. The highest BCUT2D eigenvalue weighted by molar-refractivity contribution is 5.78. The molecule has 1 aromatic rings. The fraction of sp³-hybridized carbons (Fsp3) is 0.429. The van der Waals surface area contributed by atoms with Crippen LogP contribution in [-0.4, -0.2) is 29.6 Å². The van der Waals surface area contributed by atoms with Crippen molar-refractivity contribution in [1.29, 1.82) is 0 Å². The lowest BCUT2D eigenvalue weighted by molar-refractivity contribution is -0.136. The van der Waals surface area contributed by atoms with Gasteiger partial charge in [-0.15, -0.1) is 0 Å². The monoisotopic (exact) mass is 264 g/mol. The summed E-state index contributed by atoms with van der Waals surface area (Å²) < 4.78 is 0. The summed E-state index contributed by atoms with van der Waals surface area (Å²) in [6, 6.07) is 7.45. The molecule has 0 radical (unpaired) electrons. The van der Waals surface area contributed by atoms with Crippen molar-refractivity contribution in [3.63, 3.8) is 0 Å². The summed E-state index contributed by atoms with van der Waals surface area (Å²) in [6.45, 7) is 4.51. The van der Waals surface area contributed by atoms with Crippen LogP contribution in [-0.2, 0) is 22.6 Å². The number of amides is 1. The molecule has 0 fully saturated rings. The van der Waals surface area contributed by atoms with Gasteiger partial charge in [-0.3, -0.25) is 9.59 Å². The highest BCUT2D eigenvalue weighted by Gasteiger charge is 2.07. The van der Waals surface area contributed by atoms with E-state index in [9.17, 15) is 9.59 Å². The zero-order valence-corrected chi connectivity index (χ0v) is 11.3. The van der Waals surface area contributed by atoms with Gasteiger partial charge in [0.05, 0.1) is 13.0 Å². The van der Waals surface area contributed by atoms with Gasteiger partial charge in [-0.05, 0) is 25.0 Å². The largest absolute Gasteiger partial charge is 0.481 e. The lowest BCUT2D eigenvalue weighted by Gasteiger charge is -2.11. The van der Waals surface area contributed by atoms with Crippen molar-refractivity contribution < 1.29 is 14.7 Å². The maximum atomic E-state index is 11.4. The van der Waals surface area contributed by atoms with Crippen molar-refractivity contribution >= 4 is 11.9 Å². The third-order valence-electron chi connectivity index (χ3n) is 2.51. The van der Waals surface area contributed by atoms with Crippen LogP contribution in [0.3, 0.4) is 0 Å². The molecule has 1 amide bonds. The van der Waals surface area contributed by atoms with Crippen LogP contribution in [0.2, 0.25) is 0 Å². The number of carboxylic acid groups (broad SMARTS) is 1. The molecule has 0 bridgehead atoms. The summed E-state index contributed by atoms with van der Waals surface area (Å²) in [5.41, 5.74) is 1.68. The Morgan fingerprint density at radius 1 is 1.21 bits per heavy atom. The maximum Gasteiger partial charge on any atom is 0.307 e. The molecule has 0 spiro atoms. The second-order valence-corrected chi connectivity index (χ2v) is 4.66. The Labute approximate surface area is 113 Å². The summed E-state index contributed by atoms with van der Waals surface area (Å²) in [4.78, 5) is 22.2. The fourth-order valence-corrected chi connectivity index (χ4v) is 1.75. The minimum atomic E-state index is -0.856. The van der Waals surface area contributed by atoms with E-state index >= 15 is 0 Å². The van der Waals surface area contributed by atoms with E-state index in [1.54, 1.807) is 6.07 Å². The first kappa shape index (κ1) is 15.2. The predicted molar refractivity (Wildman–Crippen MR) is 72.8 cm³/mol. The van der Waals surface area contributed by atoms with Gasteiger partial charge in [0.25, 0.3) is 0 Å². The summed E-state index contributed by atoms with van der Waals surface area (Å²) >= 11 is 0. The number of aliphatic carboxylic acids is 1. The Morgan fingerprint density at radius 3 is 2.42 bits per heavy atom. The van der Waals surface area contributed by atoms with Crippen LogP contribution in [0, 0.1) is 0 Å². The number of nitrogens with one attached hydrogen (secondary N) is 2. The van der Waals surface area contributed by atoms with Gasteiger partial charge >= 0.3 is 5.97 Å². The zero-order chi connectivity index (χ0) is 14.3. The maximum absolute atomic E-state index is 11.4. The molecular formula is C14H20N2O3. The Balaban J connectivity index is 2.49. The van der Waals surface area contributed by atoms with Crippen molar-refractivity contribution in [3.05, 3.63) is 35.4 Å². The van der Waals surface area contributed by atoms with E-state index in [1.807, 2.05) is 32.0 Å². The summed E-state index contributed by atoms with van der Waals surface area (Å²) in [5.74, 6) is -0.921. The van der Waals surface area contributed by atoms with Gasteiger partial charge in [0.1, 0.15) is 0 Å². The standard InChI is InChI=1S/C14H20N2O3/c1-10(2)16-13(17)9-15-8-12-6-4-3-5-11(12)7-14(18)19/h3-6,10,15H,7-9H2,1-2H3,(H,16,17)(H,18,19). The lowest BCUT2D eigenvalue weighted by Crippen LogP contribution is -2.37. The molecule has 5 nitrogen and oxygen atoms in total. The van der Waals surface area contributed by atoms with Crippen LogP contribution in [0.4, 0.5) is 0 Å². The Kier molecular flexibility index (Phi) is 6.02. The van der Waals surface area contributed by atoms with Gasteiger partial charge in [-0.1, -0.05) is 24.3 Å². The van der Waals surface area contributed by atoms with E-state index in [1.165, 1.54) is 0 Å². The highest BCUT2D eigenvalue weighted by atomic mass is 16.4. The van der Waals surface area contributed by atoms with Crippen molar-refractivity contribution in [2.24, 2.45) is 0 Å². The second kappa shape index (κ2) is 7.53. The van der Waals surface area contributed by atoms with Crippen LogP contribution < -0.4 is 10.6 Å². The number of hydrogen-bond acceptors (Lipinski definition) is 3. The Hall–Kier alpha value is -1.88. The molecule has 1 rings (SSSR count). The third kappa shape index (κ3) is 6.01. The van der Waals surface area contributed by atoms with Gasteiger partial charge in [-0.25, -0.2) is 0 Å². The van der Waals surface area contributed by atoms with Crippen LogP contribution in [0.5, 0.6) is 0 Å². The predicted octanol–water partition coefficient (Wildman–Crippen LogP) is 0.928. The summed E-state index contributed by atoms with van der Waals surface area (Å²) in [5, 5.41) is 14.6. The lowest BCUT2D eigenvalue weighted by atomic mass is 10.0. The molecule has 0 unspecified atom stereocenters. The van der Waals surface area contributed by atoms with Gasteiger partial charge in [0, 0.05) is 12.6 Å². The van der Waals surface area contributed by atoms with Crippen LogP contribution in [0.25, 0.3) is 0 Å². The molecule has 0 aliphatic rings. The number of carboxylic acids is 1. The molecule has 3 N–H and O–H groups in total. The first-order chi connectivity index (χ1) is 8.99. The average Bonchev–Trinajstić information content (AvgIpc) is 2.29. The number of rotatable bonds is 7. The van der Waals surface area contributed by atoms with Crippen molar-refractivity contribution in [2.75, 3.05) is 6.54 Å². The zero-order valence-electron chi connectivity index (χ0n) is 11.3. The number of carbonyl (C=O) groups excluding carboxylic acids is 1. The summed E-state index contributed by atoms with van der Waals surface area (Å²) in [7, 11) is 0. The minimum absolute atomic E-state index is 0.00392. The smallest absolute Gasteiger partial charge is 0.307 e.